The molecule has 1 atom stereocenters. The minimum absolute atomic E-state index is 0.128. The number of hydrogen-bond acceptors (Lipinski definition) is 7. The number of nitrogens with one attached hydrogen (secondary N) is 1. The zero-order valence-electron chi connectivity index (χ0n) is 21.6. The fourth-order valence-electron chi connectivity index (χ4n) is 4.78. The first-order chi connectivity index (χ1) is 18.0. The Labute approximate surface area is 222 Å². The Morgan fingerprint density at radius 3 is 2.54 bits per heavy atom. The van der Waals surface area contributed by atoms with E-state index in [1.54, 1.807) is 19.1 Å². The first-order valence-electron chi connectivity index (χ1n) is 12.6. The molecule has 0 saturated heterocycles. The largest absolute Gasteiger partial charge is 0.493 e. The summed E-state index contributed by atoms with van der Waals surface area (Å²) >= 11 is 1.49. The van der Waals surface area contributed by atoms with E-state index < -0.39 is 6.04 Å². The smallest absolute Gasteiger partial charge is 0.275 e. The van der Waals surface area contributed by atoms with Gasteiger partial charge in [0.2, 0.25) is 5.91 Å². The summed E-state index contributed by atoms with van der Waals surface area (Å²) in [6.45, 7) is 2.29. The van der Waals surface area contributed by atoms with E-state index >= 15 is 0 Å². The summed E-state index contributed by atoms with van der Waals surface area (Å²) in [5, 5.41) is 5.22. The van der Waals surface area contributed by atoms with Gasteiger partial charge in [-0.1, -0.05) is 25.3 Å². The SMILES string of the molecule is COc1ccc(CCN(C(=O)c2cnccn2)[C@H](C(=O)NC2CCCCC2)c2sccc2C)cc1OC. The summed E-state index contributed by atoms with van der Waals surface area (Å²) in [5.74, 6) is 0.775. The number of rotatable bonds is 10. The number of carbonyl (C=O) groups is 2. The van der Waals surface area contributed by atoms with Crippen molar-refractivity contribution in [1.29, 1.82) is 0 Å². The maximum absolute atomic E-state index is 13.9. The lowest BCUT2D eigenvalue weighted by Gasteiger charge is -2.33. The van der Waals surface area contributed by atoms with E-state index in [4.69, 9.17) is 9.47 Å². The van der Waals surface area contributed by atoms with Gasteiger partial charge in [0.15, 0.2) is 11.5 Å². The molecule has 1 saturated carbocycles. The molecular formula is C28H34N4O4S. The predicted molar refractivity (Wildman–Crippen MR) is 143 cm³/mol. The standard InChI is InChI=1S/C28H34N4O4S/c1-19-12-16-37-26(19)25(27(33)31-21-7-5-4-6-8-21)32(28(34)22-18-29-13-14-30-22)15-11-20-9-10-23(35-2)24(17-20)36-3/h9-10,12-14,16-18,21,25H,4-8,11,15H2,1-3H3,(H,31,33)/t25-/m0/s1. The summed E-state index contributed by atoms with van der Waals surface area (Å²) < 4.78 is 10.8. The van der Waals surface area contributed by atoms with Crippen LogP contribution in [-0.4, -0.2) is 53.5 Å². The fraction of sp³-hybridized carbons (Fsp3) is 0.429. The average Bonchev–Trinajstić information content (AvgIpc) is 3.36. The van der Waals surface area contributed by atoms with Crippen molar-refractivity contribution in [3.63, 3.8) is 0 Å². The molecule has 3 aromatic rings. The summed E-state index contributed by atoms with van der Waals surface area (Å²) in [4.78, 5) is 38.5. The average molecular weight is 523 g/mol. The van der Waals surface area contributed by atoms with Crippen molar-refractivity contribution in [1.82, 2.24) is 20.2 Å². The van der Waals surface area contributed by atoms with Gasteiger partial charge in [-0.15, -0.1) is 11.3 Å². The fourth-order valence-corrected chi connectivity index (χ4v) is 5.82. The van der Waals surface area contributed by atoms with Crippen molar-refractivity contribution in [2.75, 3.05) is 20.8 Å². The molecule has 0 bridgehead atoms. The Kier molecular flexibility index (Phi) is 9.11. The van der Waals surface area contributed by atoms with Gasteiger partial charge in [-0.2, -0.15) is 0 Å². The van der Waals surface area contributed by atoms with Crippen LogP contribution in [-0.2, 0) is 11.2 Å². The van der Waals surface area contributed by atoms with Crippen LogP contribution in [0.2, 0.25) is 0 Å². The molecule has 1 fully saturated rings. The second-order valence-electron chi connectivity index (χ2n) is 9.24. The molecule has 8 nitrogen and oxygen atoms in total. The second-order valence-corrected chi connectivity index (χ2v) is 10.2. The zero-order chi connectivity index (χ0) is 26.2. The Hall–Kier alpha value is -3.46. The van der Waals surface area contributed by atoms with Gasteiger partial charge in [-0.3, -0.25) is 14.6 Å². The van der Waals surface area contributed by atoms with Crippen molar-refractivity contribution in [2.24, 2.45) is 0 Å². The van der Waals surface area contributed by atoms with E-state index in [0.717, 1.165) is 41.7 Å². The first kappa shape index (κ1) is 26.6. The molecule has 2 amide bonds. The summed E-state index contributed by atoms with van der Waals surface area (Å²) in [6, 6.07) is 7.04. The molecule has 1 aromatic carbocycles. The maximum atomic E-state index is 13.9. The van der Waals surface area contributed by atoms with Crippen molar-refractivity contribution in [3.05, 3.63) is 69.9 Å². The Morgan fingerprint density at radius 1 is 1.11 bits per heavy atom. The molecule has 4 rings (SSSR count). The maximum Gasteiger partial charge on any atom is 0.275 e. The van der Waals surface area contributed by atoms with Gasteiger partial charge in [-0.05, 0) is 60.9 Å². The lowest BCUT2D eigenvalue weighted by atomic mass is 9.95. The molecule has 0 radical (unpaired) electrons. The molecule has 1 aliphatic carbocycles. The zero-order valence-corrected chi connectivity index (χ0v) is 22.4. The summed E-state index contributed by atoms with van der Waals surface area (Å²) in [6.07, 6.45) is 10.3. The van der Waals surface area contributed by atoms with E-state index in [9.17, 15) is 9.59 Å². The highest BCUT2D eigenvalue weighted by Gasteiger charge is 2.35. The summed E-state index contributed by atoms with van der Waals surface area (Å²) in [5.41, 5.74) is 2.15. The van der Waals surface area contributed by atoms with Crippen LogP contribution in [0.15, 0.2) is 48.2 Å². The number of ether oxygens (including phenoxy) is 2. The molecule has 1 N–H and O–H groups in total. The van der Waals surface area contributed by atoms with Crippen LogP contribution >= 0.6 is 11.3 Å². The highest BCUT2D eigenvalue weighted by Crippen LogP contribution is 2.32. The van der Waals surface area contributed by atoms with Gasteiger partial charge in [0, 0.05) is 29.9 Å². The lowest BCUT2D eigenvalue weighted by Crippen LogP contribution is -2.47. The normalized spacial score (nSPS) is 14.6. The number of hydrogen-bond donors (Lipinski definition) is 1. The Balaban J connectivity index is 1.67. The number of thiophene rings is 1. The van der Waals surface area contributed by atoms with Gasteiger partial charge >= 0.3 is 0 Å². The third-order valence-corrected chi connectivity index (χ3v) is 7.87. The van der Waals surface area contributed by atoms with Crippen LogP contribution in [0.4, 0.5) is 0 Å². The molecule has 2 aromatic heterocycles. The van der Waals surface area contributed by atoms with Crippen molar-refractivity contribution < 1.29 is 19.1 Å². The Bertz CT molecular complexity index is 1190. The van der Waals surface area contributed by atoms with Crippen LogP contribution < -0.4 is 14.8 Å². The van der Waals surface area contributed by atoms with Gasteiger partial charge < -0.3 is 19.7 Å². The predicted octanol–water partition coefficient (Wildman–Crippen LogP) is 4.74. The van der Waals surface area contributed by atoms with Gasteiger partial charge in [0.25, 0.3) is 5.91 Å². The van der Waals surface area contributed by atoms with Crippen LogP contribution in [0.1, 0.15) is 64.6 Å². The molecule has 1 aliphatic rings. The van der Waals surface area contributed by atoms with Gasteiger partial charge in [-0.25, -0.2) is 4.98 Å². The van der Waals surface area contributed by atoms with Gasteiger partial charge in [0.05, 0.1) is 20.4 Å². The highest BCUT2D eigenvalue weighted by molar-refractivity contribution is 7.10. The molecule has 9 heteroatoms. The molecule has 0 aliphatic heterocycles. The minimum Gasteiger partial charge on any atom is -0.493 e. The van der Waals surface area contributed by atoms with E-state index in [2.05, 4.69) is 15.3 Å². The van der Waals surface area contributed by atoms with Crippen LogP contribution in [0.3, 0.4) is 0 Å². The molecule has 37 heavy (non-hydrogen) atoms. The van der Waals surface area contributed by atoms with E-state index in [1.165, 1.54) is 36.3 Å². The van der Waals surface area contributed by atoms with E-state index in [0.29, 0.717) is 24.5 Å². The van der Waals surface area contributed by atoms with Crippen molar-refractivity contribution in [3.8, 4) is 11.5 Å². The van der Waals surface area contributed by atoms with Gasteiger partial charge in [0.1, 0.15) is 11.7 Å². The molecule has 196 valence electrons. The third kappa shape index (κ3) is 6.46. The third-order valence-electron chi connectivity index (χ3n) is 6.79. The molecular weight excluding hydrogens is 488 g/mol. The summed E-state index contributed by atoms with van der Waals surface area (Å²) in [7, 11) is 3.19. The Morgan fingerprint density at radius 2 is 1.89 bits per heavy atom. The molecule has 0 unspecified atom stereocenters. The van der Waals surface area contributed by atoms with Crippen LogP contribution in [0, 0.1) is 6.92 Å². The minimum atomic E-state index is -0.767. The number of nitrogens with zero attached hydrogens (tertiary/aromatic N) is 3. The number of aryl methyl sites for hydroxylation is 1. The number of methoxy groups -OCH3 is 2. The second kappa shape index (κ2) is 12.7. The van der Waals surface area contributed by atoms with E-state index in [1.807, 2.05) is 36.6 Å². The molecule has 0 spiro atoms. The van der Waals surface area contributed by atoms with Crippen molar-refractivity contribution >= 4 is 23.2 Å². The number of amides is 2. The van der Waals surface area contributed by atoms with Crippen molar-refractivity contribution in [2.45, 2.75) is 57.5 Å². The van der Waals surface area contributed by atoms with Crippen LogP contribution in [0.5, 0.6) is 11.5 Å². The van der Waals surface area contributed by atoms with E-state index in [-0.39, 0.29) is 23.6 Å². The highest BCUT2D eigenvalue weighted by atomic mass is 32.1. The van der Waals surface area contributed by atoms with Crippen LogP contribution in [0.25, 0.3) is 0 Å². The quantitative estimate of drug-likeness (QED) is 0.413. The number of aromatic nitrogens is 2. The number of benzene rings is 1. The number of carbonyl (C=O) groups excluding carboxylic acids is 2. The monoisotopic (exact) mass is 522 g/mol. The molecule has 2 heterocycles. The lowest BCUT2D eigenvalue weighted by molar-refractivity contribution is -0.126. The topological polar surface area (TPSA) is 93.7 Å². The first-order valence-corrected chi connectivity index (χ1v) is 13.5.